The highest BCUT2D eigenvalue weighted by Crippen LogP contribution is 2.31. The highest BCUT2D eigenvalue weighted by Gasteiger charge is 2.15. The van der Waals surface area contributed by atoms with Crippen LogP contribution < -0.4 is 5.43 Å². The smallest absolute Gasteiger partial charge is 0.235 e. The molecule has 2 N–H and O–H groups in total. The maximum absolute atomic E-state index is 12.1. The lowest BCUT2D eigenvalue weighted by Crippen LogP contribution is -2.02. The van der Waals surface area contributed by atoms with E-state index >= 15 is 0 Å². The Morgan fingerprint density at radius 1 is 1.00 bits per heavy atom. The fourth-order valence-electron chi connectivity index (χ4n) is 1.97. The van der Waals surface area contributed by atoms with E-state index in [1.165, 1.54) is 18.2 Å². The van der Waals surface area contributed by atoms with Crippen LogP contribution in [0.25, 0.3) is 22.3 Å². The van der Waals surface area contributed by atoms with E-state index in [9.17, 15) is 15.0 Å². The Balaban J connectivity index is 2.33. The number of benzene rings is 2. The van der Waals surface area contributed by atoms with Gasteiger partial charge in [0.05, 0.1) is 5.39 Å². The molecule has 0 bridgehead atoms. The minimum Gasteiger partial charge on any atom is -0.508 e. The van der Waals surface area contributed by atoms with Crippen molar-refractivity contribution in [3.63, 3.8) is 0 Å². The molecule has 100 valence electrons. The summed E-state index contributed by atoms with van der Waals surface area (Å²) in [6.07, 6.45) is 0. The Kier molecular flexibility index (Phi) is 3.13. The molecule has 0 spiro atoms. The molecule has 1 heterocycles. The van der Waals surface area contributed by atoms with Crippen molar-refractivity contribution in [2.45, 2.75) is 0 Å². The molecule has 1 aromatic heterocycles. The fraction of sp³-hybridized carbons (Fsp3) is 0. The summed E-state index contributed by atoms with van der Waals surface area (Å²) in [6.45, 7) is 0. The van der Waals surface area contributed by atoms with Crippen LogP contribution in [0.1, 0.15) is 0 Å². The second-order valence-electron chi connectivity index (χ2n) is 4.30. The molecule has 4 nitrogen and oxygen atoms in total. The number of hydrogen-bond acceptors (Lipinski definition) is 4. The lowest BCUT2D eigenvalue weighted by Gasteiger charge is -2.06. The number of fused-ring (bicyclic) bond motifs is 1. The molecule has 0 saturated heterocycles. The van der Waals surface area contributed by atoms with Crippen LogP contribution in [0.4, 0.5) is 0 Å². The Hall–Kier alpha value is -2.02. The van der Waals surface area contributed by atoms with Gasteiger partial charge in [-0.2, -0.15) is 0 Å². The summed E-state index contributed by atoms with van der Waals surface area (Å²) in [4.78, 5) is 12.1. The van der Waals surface area contributed by atoms with E-state index < -0.39 is 11.2 Å². The van der Waals surface area contributed by atoms with Gasteiger partial charge >= 0.3 is 0 Å². The van der Waals surface area contributed by atoms with Crippen LogP contribution in [-0.2, 0) is 0 Å². The van der Waals surface area contributed by atoms with Gasteiger partial charge < -0.3 is 14.6 Å². The minimum atomic E-state index is -0.514. The van der Waals surface area contributed by atoms with Crippen LogP contribution in [0.5, 0.6) is 11.5 Å². The first-order chi connectivity index (χ1) is 9.56. The number of aromatic hydroxyl groups is 2. The SMILES string of the molecule is O=c1c(O)c(-c2ccc(I)cc2)oc2cc(O)ccc12. The molecule has 5 heteroatoms. The molecule has 2 aromatic carbocycles. The number of halogens is 1. The maximum Gasteiger partial charge on any atom is 0.235 e. The van der Waals surface area contributed by atoms with Crippen molar-refractivity contribution in [1.82, 2.24) is 0 Å². The van der Waals surface area contributed by atoms with Crippen molar-refractivity contribution < 1.29 is 14.6 Å². The van der Waals surface area contributed by atoms with E-state index in [1.54, 1.807) is 12.1 Å². The van der Waals surface area contributed by atoms with E-state index in [0.29, 0.717) is 5.56 Å². The summed E-state index contributed by atoms with van der Waals surface area (Å²) in [5.74, 6) is -0.325. The topological polar surface area (TPSA) is 70.7 Å². The molecule has 0 fully saturated rings. The molecule has 0 radical (unpaired) electrons. The predicted molar refractivity (Wildman–Crippen MR) is 84.0 cm³/mol. The van der Waals surface area contributed by atoms with E-state index in [-0.39, 0.29) is 22.5 Å². The predicted octanol–water partition coefficient (Wildman–Crippen LogP) is 3.48. The van der Waals surface area contributed by atoms with Crippen molar-refractivity contribution in [2.24, 2.45) is 0 Å². The highest BCUT2D eigenvalue weighted by molar-refractivity contribution is 14.1. The third-order valence-electron chi connectivity index (χ3n) is 2.96. The summed E-state index contributed by atoms with van der Waals surface area (Å²) >= 11 is 2.16. The van der Waals surface area contributed by atoms with E-state index in [4.69, 9.17) is 4.42 Å². The summed E-state index contributed by atoms with van der Waals surface area (Å²) < 4.78 is 6.60. The van der Waals surface area contributed by atoms with Crippen LogP contribution in [0.2, 0.25) is 0 Å². The molecule has 0 unspecified atom stereocenters. The summed E-state index contributed by atoms with van der Waals surface area (Å²) in [6, 6.07) is 11.4. The third-order valence-corrected chi connectivity index (χ3v) is 3.68. The monoisotopic (exact) mass is 380 g/mol. The van der Waals surface area contributed by atoms with Gasteiger partial charge in [-0.3, -0.25) is 4.79 Å². The summed E-state index contributed by atoms with van der Waals surface area (Å²) in [5.41, 5.74) is 0.325. The van der Waals surface area contributed by atoms with Gasteiger partial charge in [0.25, 0.3) is 0 Å². The van der Waals surface area contributed by atoms with Gasteiger partial charge in [-0.25, -0.2) is 0 Å². The highest BCUT2D eigenvalue weighted by atomic mass is 127. The van der Waals surface area contributed by atoms with Crippen molar-refractivity contribution in [3.8, 4) is 22.8 Å². The Bertz CT molecular complexity index is 850. The van der Waals surface area contributed by atoms with E-state index in [1.807, 2.05) is 12.1 Å². The van der Waals surface area contributed by atoms with Crippen LogP contribution in [0.15, 0.2) is 51.7 Å². The Morgan fingerprint density at radius 2 is 1.70 bits per heavy atom. The molecule has 3 aromatic rings. The minimum absolute atomic E-state index is 0.0000927. The van der Waals surface area contributed by atoms with Crippen molar-refractivity contribution in [2.75, 3.05) is 0 Å². The zero-order valence-electron chi connectivity index (χ0n) is 10.1. The Labute approximate surface area is 127 Å². The maximum atomic E-state index is 12.1. The molecule has 0 aliphatic heterocycles. The molecule has 0 amide bonds. The molecule has 20 heavy (non-hydrogen) atoms. The number of hydrogen-bond donors (Lipinski definition) is 2. The van der Waals surface area contributed by atoms with Gasteiger partial charge in [0.1, 0.15) is 11.3 Å². The van der Waals surface area contributed by atoms with E-state index in [0.717, 1.165) is 3.57 Å². The van der Waals surface area contributed by atoms with Crippen LogP contribution in [0.3, 0.4) is 0 Å². The second-order valence-corrected chi connectivity index (χ2v) is 5.54. The molecular weight excluding hydrogens is 371 g/mol. The molecule has 0 saturated carbocycles. The number of phenolic OH excluding ortho intramolecular Hbond substituents is 1. The third kappa shape index (κ3) is 2.14. The zero-order chi connectivity index (χ0) is 14.3. The lowest BCUT2D eigenvalue weighted by atomic mass is 10.1. The van der Waals surface area contributed by atoms with Crippen molar-refractivity contribution in [1.29, 1.82) is 0 Å². The van der Waals surface area contributed by atoms with Gasteiger partial charge in [0.15, 0.2) is 5.76 Å². The first kappa shape index (κ1) is 13.0. The average Bonchev–Trinajstić information content (AvgIpc) is 2.44. The van der Waals surface area contributed by atoms with Crippen molar-refractivity contribution >= 4 is 33.6 Å². The van der Waals surface area contributed by atoms with Gasteiger partial charge in [0.2, 0.25) is 11.2 Å². The summed E-state index contributed by atoms with van der Waals surface area (Å²) in [7, 11) is 0. The van der Waals surface area contributed by atoms with Crippen LogP contribution >= 0.6 is 22.6 Å². The second kappa shape index (κ2) is 4.82. The van der Waals surface area contributed by atoms with Crippen LogP contribution in [-0.4, -0.2) is 10.2 Å². The molecule has 0 aliphatic rings. The molecule has 3 rings (SSSR count). The number of phenols is 1. The van der Waals surface area contributed by atoms with Gasteiger partial charge in [-0.05, 0) is 46.9 Å². The molecular formula is C15H9IO4. The van der Waals surface area contributed by atoms with Gasteiger partial charge in [-0.1, -0.05) is 12.1 Å². The van der Waals surface area contributed by atoms with Crippen LogP contribution in [0, 0.1) is 3.57 Å². The fourth-order valence-corrected chi connectivity index (χ4v) is 2.33. The van der Waals surface area contributed by atoms with Gasteiger partial charge in [0, 0.05) is 15.2 Å². The first-order valence-electron chi connectivity index (χ1n) is 5.81. The van der Waals surface area contributed by atoms with E-state index in [2.05, 4.69) is 22.6 Å². The van der Waals surface area contributed by atoms with Crippen molar-refractivity contribution in [3.05, 3.63) is 56.3 Å². The first-order valence-corrected chi connectivity index (χ1v) is 6.89. The van der Waals surface area contributed by atoms with Gasteiger partial charge in [-0.15, -0.1) is 0 Å². The molecule has 0 aliphatic carbocycles. The average molecular weight is 380 g/mol. The zero-order valence-corrected chi connectivity index (χ0v) is 12.3. The lowest BCUT2D eigenvalue weighted by molar-refractivity contribution is 0.447. The number of rotatable bonds is 1. The largest absolute Gasteiger partial charge is 0.508 e. The Morgan fingerprint density at radius 3 is 2.40 bits per heavy atom. The molecule has 0 atom stereocenters. The normalized spacial score (nSPS) is 10.8. The standard InChI is InChI=1S/C15H9IO4/c16-9-3-1-8(2-4-9)15-14(19)13(18)11-6-5-10(17)7-12(11)20-15/h1-7,17,19H. The quantitative estimate of drug-likeness (QED) is 0.635. The summed E-state index contributed by atoms with van der Waals surface area (Å²) in [5, 5.41) is 19.7.